The number of hydrogen-bond acceptors (Lipinski definition) is 3. The van der Waals surface area contributed by atoms with Crippen molar-refractivity contribution >= 4 is 39.1 Å². The van der Waals surface area contributed by atoms with Gasteiger partial charge in [-0.2, -0.15) is 4.98 Å². The van der Waals surface area contributed by atoms with Crippen LogP contribution in [0.5, 0.6) is 0 Å². The number of hydrogen-bond donors (Lipinski definition) is 0. The second kappa shape index (κ2) is 4.51. The normalized spacial score (nSPS) is 10.6. The molecule has 1 heterocycles. The smallest absolute Gasteiger partial charge is 0.258 e. The van der Waals surface area contributed by atoms with Crippen LogP contribution in [0.4, 0.5) is 0 Å². The Morgan fingerprint density at radius 3 is 2.80 bits per heavy atom. The van der Waals surface area contributed by atoms with Crippen LogP contribution in [0.15, 0.2) is 27.2 Å². The lowest BCUT2D eigenvalue weighted by Crippen LogP contribution is -1.81. The van der Waals surface area contributed by atoms with Gasteiger partial charge in [0.05, 0.1) is 10.9 Å². The highest BCUT2D eigenvalue weighted by Crippen LogP contribution is 2.27. The molecule has 2 rings (SSSR count). The van der Waals surface area contributed by atoms with Gasteiger partial charge < -0.3 is 4.52 Å². The summed E-state index contributed by atoms with van der Waals surface area (Å²) in [4.78, 5) is 4.09. The van der Waals surface area contributed by atoms with Crippen molar-refractivity contribution in [2.24, 2.45) is 0 Å². The number of nitrogens with zero attached hydrogens (tertiary/aromatic N) is 2. The molecule has 0 N–H and O–H groups in total. The van der Waals surface area contributed by atoms with Gasteiger partial charge in [0.2, 0.25) is 0 Å². The van der Waals surface area contributed by atoms with E-state index >= 15 is 0 Å². The van der Waals surface area contributed by atoms with Gasteiger partial charge in [-0.3, -0.25) is 0 Å². The molecule has 0 saturated heterocycles. The van der Waals surface area contributed by atoms with Gasteiger partial charge in [0.25, 0.3) is 5.89 Å². The Bertz CT molecular complexity index is 487. The first-order valence-electron chi connectivity index (χ1n) is 4.04. The fourth-order valence-electron chi connectivity index (χ4n) is 1.05. The Labute approximate surface area is 105 Å². The fraction of sp³-hybridized carbons (Fsp3) is 0.111. The van der Waals surface area contributed by atoms with Gasteiger partial charge in [-0.25, -0.2) is 0 Å². The third-order valence-corrected chi connectivity index (χ3v) is 3.23. The topological polar surface area (TPSA) is 38.9 Å². The lowest BCUT2D eigenvalue weighted by molar-refractivity contribution is 0.425. The lowest BCUT2D eigenvalue weighted by Gasteiger charge is -1.97. The molecule has 1 aromatic carbocycles. The molecule has 0 aliphatic heterocycles. The second-order valence-electron chi connectivity index (χ2n) is 2.78. The zero-order valence-electron chi connectivity index (χ0n) is 7.38. The van der Waals surface area contributed by atoms with Crippen LogP contribution in [0.3, 0.4) is 0 Å². The summed E-state index contributed by atoms with van der Waals surface area (Å²) in [6, 6.07) is 5.40. The maximum absolute atomic E-state index is 5.94. The van der Waals surface area contributed by atoms with E-state index in [1.54, 1.807) is 6.07 Å². The first-order chi connectivity index (χ1) is 7.20. The summed E-state index contributed by atoms with van der Waals surface area (Å²) in [7, 11) is 0. The molecular formula is C9H5BrCl2N2O. The molecule has 0 fully saturated rings. The first kappa shape index (κ1) is 10.9. The van der Waals surface area contributed by atoms with E-state index in [9.17, 15) is 0 Å². The zero-order chi connectivity index (χ0) is 10.8. The maximum atomic E-state index is 5.94. The molecule has 0 aliphatic carbocycles. The van der Waals surface area contributed by atoms with E-state index in [4.69, 9.17) is 27.7 Å². The van der Waals surface area contributed by atoms with Crippen molar-refractivity contribution in [3.8, 4) is 11.5 Å². The van der Waals surface area contributed by atoms with Crippen molar-refractivity contribution in [3.05, 3.63) is 33.5 Å². The van der Waals surface area contributed by atoms with Crippen LogP contribution in [0.2, 0.25) is 5.02 Å². The molecule has 0 saturated carbocycles. The zero-order valence-corrected chi connectivity index (χ0v) is 10.5. The van der Waals surface area contributed by atoms with Crippen molar-refractivity contribution < 1.29 is 4.52 Å². The van der Waals surface area contributed by atoms with E-state index in [0.29, 0.717) is 16.7 Å². The third kappa shape index (κ3) is 2.33. The molecule has 3 nitrogen and oxygen atoms in total. The van der Waals surface area contributed by atoms with Crippen LogP contribution in [-0.2, 0) is 5.88 Å². The summed E-state index contributed by atoms with van der Waals surface area (Å²) in [5.41, 5.74) is 0.770. The van der Waals surface area contributed by atoms with E-state index in [2.05, 4.69) is 26.1 Å². The molecule has 6 heteroatoms. The van der Waals surface area contributed by atoms with Gasteiger partial charge >= 0.3 is 0 Å². The molecule has 0 radical (unpaired) electrons. The molecule has 0 amide bonds. The molecule has 0 aliphatic rings. The Kier molecular flexibility index (Phi) is 3.29. The van der Waals surface area contributed by atoms with Gasteiger partial charge in [0.15, 0.2) is 5.82 Å². The van der Waals surface area contributed by atoms with Crippen molar-refractivity contribution in [2.45, 2.75) is 5.88 Å². The maximum Gasteiger partial charge on any atom is 0.258 e. The lowest BCUT2D eigenvalue weighted by atomic mass is 10.2. The summed E-state index contributed by atoms with van der Waals surface area (Å²) in [5, 5.41) is 4.29. The second-order valence-corrected chi connectivity index (χ2v) is 4.31. The fourth-order valence-corrected chi connectivity index (χ4v) is 1.59. The standard InChI is InChI=1S/C9H5BrCl2N2O/c10-6-2-1-5(3-7(6)12)9-13-8(4-11)14-15-9/h1-3H,4H2. The van der Waals surface area contributed by atoms with Crippen LogP contribution in [0, 0.1) is 0 Å². The van der Waals surface area contributed by atoms with E-state index in [1.165, 1.54) is 0 Å². The van der Waals surface area contributed by atoms with Crippen molar-refractivity contribution in [3.63, 3.8) is 0 Å². The summed E-state index contributed by atoms with van der Waals surface area (Å²) in [6.07, 6.45) is 0. The molecule has 0 bridgehead atoms. The Morgan fingerprint density at radius 1 is 1.40 bits per heavy atom. The number of aromatic nitrogens is 2. The van der Waals surface area contributed by atoms with Gasteiger partial charge in [-0.1, -0.05) is 16.8 Å². The number of alkyl halides is 1. The van der Waals surface area contributed by atoms with Crippen molar-refractivity contribution in [1.82, 2.24) is 10.1 Å². The Balaban J connectivity index is 2.40. The minimum absolute atomic E-state index is 0.230. The molecule has 15 heavy (non-hydrogen) atoms. The van der Waals surface area contributed by atoms with Gasteiger partial charge in [0, 0.05) is 10.0 Å². The highest BCUT2D eigenvalue weighted by Gasteiger charge is 2.09. The molecule has 1 aromatic heterocycles. The van der Waals surface area contributed by atoms with Gasteiger partial charge in [0.1, 0.15) is 0 Å². The van der Waals surface area contributed by atoms with Crippen LogP contribution < -0.4 is 0 Å². The van der Waals surface area contributed by atoms with Gasteiger partial charge in [-0.05, 0) is 34.1 Å². The monoisotopic (exact) mass is 306 g/mol. The van der Waals surface area contributed by atoms with Crippen molar-refractivity contribution in [2.75, 3.05) is 0 Å². The summed E-state index contributed by atoms with van der Waals surface area (Å²) in [5.74, 6) is 1.11. The number of benzene rings is 1. The third-order valence-electron chi connectivity index (χ3n) is 1.75. The van der Waals surface area contributed by atoms with Crippen molar-refractivity contribution in [1.29, 1.82) is 0 Å². The predicted molar refractivity (Wildman–Crippen MR) is 62.0 cm³/mol. The average molecular weight is 308 g/mol. The molecule has 2 aromatic rings. The quantitative estimate of drug-likeness (QED) is 0.790. The number of halogens is 3. The van der Waals surface area contributed by atoms with Gasteiger partial charge in [-0.15, -0.1) is 11.6 Å². The highest BCUT2D eigenvalue weighted by molar-refractivity contribution is 9.10. The predicted octanol–water partition coefficient (Wildman–Crippen LogP) is 3.89. The van der Waals surface area contributed by atoms with E-state index in [0.717, 1.165) is 10.0 Å². The highest BCUT2D eigenvalue weighted by atomic mass is 79.9. The average Bonchev–Trinajstić information content (AvgIpc) is 2.70. The van der Waals surface area contributed by atoms with Crippen LogP contribution in [-0.4, -0.2) is 10.1 Å². The Morgan fingerprint density at radius 2 is 2.20 bits per heavy atom. The SMILES string of the molecule is ClCc1noc(-c2ccc(Br)c(Cl)c2)n1. The summed E-state index contributed by atoms with van der Waals surface area (Å²) < 4.78 is 5.84. The van der Waals surface area contributed by atoms with Crippen LogP contribution in [0.1, 0.15) is 5.82 Å². The molecule has 0 atom stereocenters. The van der Waals surface area contributed by atoms with E-state index in [-0.39, 0.29) is 5.88 Å². The Hall–Kier alpha value is -0.580. The minimum Gasteiger partial charge on any atom is -0.334 e. The van der Waals surface area contributed by atoms with E-state index in [1.807, 2.05) is 12.1 Å². The van der Waals surface area contributed by atoms with Crippen LogP contribution >= 0.6 is 39.1 Å². The molecule has 0 unspecified atom stereocenters. The minimum atomic E-state index is 0.230. The number of rotatable bonds is 2. The van der Waals surface area contributed by atoms with E-state index < -0.39 is 0 Å². The largest absolute Gasteiger partial charge is 0.334 e. The molecular weight excluding hydrogens is 303 g/mol. The molecule has 78 valence electrons. The summed E-state index contributed by atoms with van der Waals surface area (Å²) >= 11 is 14.8. The summed E-state index contributed by atoms with van der Waals surface area (Å²) in [6.45, 7) is 0. The first-order valence-corrected chi connectivity index (χ1v) is 5.75. The van der Waals surface area contributed by atoms with Crippen LogP contribution in [0.25, 0.3) is 11.5 Å². The molecule has 0 spiro atoms.